The van der Waals surface area contributed by atoms with Gasteiger partial charge in [0.2, 0.25) is 11.8 Å². The molecule has 0 N–H and O–H groups in total. The highest BCUT2D eigenvalue weighted by Gasteiger charge is 2.35. The van der Waals surface area contributed by atoms with Crippen molar-refractivity contribution in [2.24, 2.45) is 0 Å². The van der Waals surface area contributed by atoms with Crippen LogP contribution >= 0.6 is 0 Å². The number of hydrogen-bond donors (Lipinski definition) is 0. The Morgan fingerprint density at radius 1 is 0.929 bits per heavy atom. The first-order valence-electron chi connectivity index (χ1n) is 13.9. The first-order chi connectivity index (χ1) is 20.3. The summed E-state index contributed by atoms with van der Waals surface area (Å²) in [6, 6.07) is 7.21. The number of imidazole rings is 1. The second-order valence-corrected chi connectivity index (χ2v) is 9.90. The number of nitrogens with zero attached hydrogens (tertiary/aromatic N) is 8. The van der Waals surface area contributed by atoms with E-state index in [1.165, 1.54) is 10.9 Å². The number of hydrogen-bond acceptors (Lipinski definition) is 8. The fourth-order valence-corrected chi connectivity index (χ4v) is 4.87. The van der Waals surface area contributed by atoms with Crippen LogP contribution in [0.15, 0.2) is 43.0 Å². The Kier molecular flexibility index (Phi) is 7.25. The monoisotopic (exact) mass is 578 g/mol. The Bertz CT molecular complexity index is 1730. The fraction of sp³-hybridized carbons (Fsp3) is 0.379. The van der Waals surface area contributed by atoms with Gasteiger partial charge < -0.3 is 14.0 Å². The van der Waals surface area contributed by atoms with E-state index in [1.807, 2.05) is 26.0 Å². The van der Waals surface area contributed by atoms with E-state index in [0.717, 1.165) is 30.3 Å². The molecule has 4 aromatic heterocycles. The normalized spacial score (nSPS) is 13.6. The summed E-state index contributed by atoms with van der Waals surface area (Å²) >= 11 is 0. The lowest BCUT2D eigenvalue weighted by Crippen LogP contribution is -2.06. The molecular formula is C29H29F3N8O2. The van der Waals surface area contributed by atoms with Gasteiger partial charge in [-0.25, -0.2) is 29.6 Å². The van der Waals surface area contributed by atoms with Gasteiger partial charge in [-0.15, -0.1) is 5.10 Å². The largest absolute Gasteiger partial charge is 0.477 e. The summed E-state index contributed by atoms with van der Waals surface area (Å²) in [6.07, 6.45) is 1.81. The highest BCUT2D eigenvalue weighted by Crippen LogP contribution is 2.45. The summed E-state index contributed by atoms with van der Waals surface area (Å²) in [5, 5.41) is 5.32. The van der Waals surface area contributed by atoms with Crippen LogP contribution < -0.4 is 9.47 Å². The Labute approximate surface area is 239 Å². The zero-order valence-electron chi connectivity index (χ0n) is 23.4. The van der Waals surface area contributed by atoms with Crippen LogP contribution in [0.3, 0.4) is 0 Å². The van der Waals surface area contributed by atoms with Gasteiger partial charge in [-0.1, -0.05) is 24.3 Å². The third-order valence-corrected chi connectivity index (χ3v) is 7.00. The van der Waals surface area contributed by atoms with Crippen molar-refractivity contribution in [3.63, 3.8) is 0 Å². The van der Waals surface area contributed by atoms with Crippen LogP contribution in [0, 0.1) is 0 Å². The number of benzene rings is 1. The zero-order chi connectivity index (χ0) is 29.4. The van der Waals surface area contributed by atoms with Crippen LogP contribution in [0.5, 0.6) is 11.8 Å². The number of ether oxygens (including phenoxy) is 2. The molecule has 6 rings (SSSR count). The maximum Gasteiger partial charge on any atom is 0.434 e. The molecule has 0 unspecified atom stereocenters. The van der Waals surface area contributed by atoms with Crippen molar-refractivity contribution in [2.45, 2.75) is 58.8 Å². The second-order valence-electron chi connectivity index (χ2n) is 9.90. The van der Waals surface area contributed by atoms with Crippen LogP contribution in [0.4, 0.5) is 13.2 Å². The molecule has 1 aliphatic carbocycles. The summed E-state index contributed by atoms with van der Waals surface area (Å²) in [4.78, 5) is 22.3. The maximum absolute atomic E-state index is 13.3. The van der Waals surface area contributed by atoms with Crippen molar-refractivity contribution in [3.05, 3.63) is 59.9 Å². The van der Waals surface area contributed by atoms with Crippen LogP contribution in [-0.4, -0.2) is 52.5 Å². The molecule has 42 heavy (non-hydrogen) atoms. The van der Waals surface area contributed by atoms with E-state index in [4.69, 9.17) is 14.5 Å². The molecule has 1 aliphatic rings. The molecule has 1 fully saturated rings. The minimum absolute atomic E-state index is 0.263. The lowest BCUT2D eigenvalue weighted by Gasteiger charge is -2.12. The van der Waals surface area contributed by atoms with E-state index in [2.05, 4.69) is 25.0 Å². The van der Waals surface area contributed by atoms with Gasteiger partial charge >= 0.3 is 6.18 Å². The standard InChI is InChI=1S/C29H29F3N8O2/c1-4-39-15-21(29(30,31)32)36-25(39)19-9-7-17(8-10-19)14-40-26-20(27(38-40)41-5-2)13-33-24(37-26)22-23(18-11-12-18)34-16-35-28(22)42-6-3/h7-10,13,15-16,18H,4-6,11-12,14H2,1-3H3. The molecule has 1 saturated carbocycles. The summed E-state index contributed by atoms with van der Waals surface area (Å²) < 4.78 is 54.6. The van der Waals surface area contributed by atoms with E-state index in [0.29, 0.717) is 72.0 Å². The molecule has 0 atom stereocenters. The van der Waals surface area contributed by atoms with Gasteiger partial charge in [0.15, 0.2) is 17.2 Å². The first kappa shape index (κ1) is 27.6. The van der Waals surface area contributed by atoms with E-state index >= 15 is 0 Å². The van der Waals surface area contributed by atoms with E-state index in [1.54, 1.807) is 29.9 Å². The average molecular weight is 579 g/mol. The maximum atomic E-state index is 13.3. The third-order valence-electron chi connectivity index (χ3n) is 7.00. The number of rotatable bonds is 10. The lowest BCUT2D eigenvalue weighted by molar-refractivity contribution is -0.140. The van der Waals surface area contributed by atoms with Gasteiger partial charge in [0.1, 0.15) is 23.1 Å². The van der Waals surface area contributed by atoms with Crippen LogP contribution in [0.2, 0.25) is 0 Å². The molecular weight excluding hydrogens is 549 g/mol. The molecule has 0 spiro atoms. The van der Waals surface area contributed by atoms with Crippen molar-refractivity contribution in [1.82, 2.24) is 39.3 Å². The van der Waals surface area contributed by atoms with Crippen LogP contribution in [0.25, 0.3) is 33.8 Å². The molecule has 0 radical (unpaired) electrons. The average Bonchev–Trinajstić information content (AvgIpc) is 3.64. The summed E-state index contributed by atoms with van der Waals surface area (Å²) in [5.41, 5.74) is 2.67. The Hall–Kier alpha value is -4.55. The molecule has 10 nitrogen and oxygen atoms in total. The van der Waals surface area contributed by atoms with Crippen molar-refractivity contribution < 1.29 is 22.6 Å². The lowest BCUT2D eigenvalue weighted by atomic mass is 10.1. The number of halogens is 3. The quantitative estimate of drug-likeness (QED) is 0.201. The predicted octanol–water partition coefficient (Wildman–Crippen LogP) is 5.91. The highest BCUT2D eigenvalue weighted by atomic mass is 19.4. The van der Waals surface area contributed by atoms with E-state index < -0.39 is 11.9 Å². The van der Waals surface area contributed by atoms with Gasteiger partial charge in [0, 0.05) is 30.4 Å². The molecule has 0 aliphatic heterocycles. The Morgan fingerprint density at radius 3 is 2.33 bits per heavy atom. The number of aryl methyl sites for hydroxylation is 1. The second kappa shape index (κ2) is 11.0. The zero-order valence-corrected chi connectivity index (χ0v) is 23.4. The topological polar surface area (TPSA) is 106 Å². The van der Waals surface area contributed by atoms with Crippen molar-refractivity contribution in [2.75, 3.05) is 13.2 Å². The Morgan fingerprint density at radius 2 is 1.67 bits per heavy atom. The van der Waals surface area contributed by atoms with Crippen molar-refractivity contribution >= 4 is 11.0 Å². The van der Waals surface area contributed by atoms with Gasteiger partial charge in [0.25, 0.3) is 0 Å². The molecule has 1 aromatic carbocycles. The van der Waals surface area contributed by atoms with E-state index in [9.17, 15) is 13.2 Å². The van der Waals surface area contributed by atoms with Gasteiger partial charge in [-0.3, -0.25) is 0 Å². The SMILES string of the molecule is CCOc1ncnc(C2CC2)c1-c1ncc2c(OCC)nn(Cc3ccc(-c4nc(C(F)(F)F)cn4CC)cc3)c2n1. The molecule has 13 heteroatoms. The smallest absolute Gasteiger partial charge is 0.434 e. The molecule has 0 amide bonds. The number of fused-ring (bicyclic) bond motifs is 1. The van der Waals surface area contributed by atoms with E-state index in [-0.39, 0.29) is 5.82 Å². The summed E-state index contributed by atoms with van der Waals surface area (Å²) in [5.74, 6) is 1.88. The van der Waals surface area contributed by atoms with Gasteiger partial charge in [0.05, 0.1) is 25.5 Å². The molecule has 4 heterocycles. The number of alkyl halides is 3. The van der Waals surface area contributed by atoms with Crippen molar-refractivity contribution in [1.29, 1.82) is 0 Å². The highest BCUT2D eigenvalue weighted by molar-refractivity contribution is 5.83. The van der Waals surface area contributed by atoms with Gasteiger partial charge in [-0.2, -0.15) is 13.2 Å². The van der Waals surface area contributed by atoms with Crippen molar-refractivity contribution in [3.8, 4) is 34.5 Å². The third kappa shape index (κ3) is 5.26. The predicted molar refractivity (Wildman–Crippen MR) is 148 cm³/mol. The minimum atomic E-state index is -4.51. The molecule has 5 aromatic rings. The molecule has 0 saturated heterocycles. The minimum Gasteiger partial charge on any atom is -0.477 e. The van der Waals surface area contributed by atoms with Gasteiger partial charge in [-0.05, 0) is 39.2 Å². The van der Waals surface area contributed by atoms with Crippen LogP contribution in [-0.2, 0) is 19.3 Å². The fourth-order valence-electron chi connectivity index (χ4n) is 4.87. The Balaban J connectivity index is 1.37. The summed E-state index contributed by atoms with van der Waals surface area (Å²) in [7, 11) is 0. The number of aromatic nitrogens is 8. The molecule has 218 valence electrons. The first-order valence-corrected chi connectivity index (χ1v) is 13.9. The molecule has 0 bridgehead atoms. The summed E-state index contributed by atoms with van der Waals surface area (Å²) in [6.45, 7) is 7.11. The van der Waals surface area contributed by atoms with Crippen LogP contribution in [0.1, 0.15) is 56.5 Å².